The fourth-order valence-electron chi connectivity index (χ4n) is 5.40. The third-order valence-corrected chi connectivity index (χ3v) is 9.30. The lowest BCUT2D eigenvalue weighted by Crippen LogP contribution is -2.41. The molecule has 1 aliphatic rings. The number of para-hydroxylation sites is 1. The Hall–Kier alpha value is -4.70. The van der Waals surface area contributed by atoms with Crippen LogP contribution in [0.25, 0.3) is 10.8 Å². The van der Waals surface area contributed by atoms with E-state index in [2.05, 4.69) is 0 Å². The van der Waals surface area contributed by atoms with Gasteiger partial charge in [-0.1, -0.05) is 66.7 Å². The van der Waals surface area contributed by atoms with Gasteiger partial charge in [0.1, 0.15) is 12.4 Å². The number of anilines is 2. The van der Waals surface area contributed by atoms with Crippen LogP contribution in [-0.2, 0) is 37.2 Å². The summed E-state index contributed by atoms with van der Waals surface area (Å²) in [5.74, 6) is -0.860. The van der Waals surface area contributed by atoms with Gasteiger partial charge >= 0.3 is 5.97 Å². The number of nitrogens with zero attached hydrogens (tertiary/aromatic N) is 2. The number of amidine groups is 1. The zero-order chi connectivity index (χ0) is 30.6. The maximum atomic E-state index is 14.3. The number of carbonyl (C=O) groups is 2. The summed E-state index contributed by atoms with van der Waals surface area (Å²) in [6.45, 7) is 1.66. The zero-order valence-electron chi connectivity index (χ0n) is 24.0. The Morgan fingerprint density at radius 1 is 0.977 bits per heavy atom. The molecule has 4 aromatic carbocycles. The Balaban J connectivity index is 1.52. The number of carbonyl (C=O) groups excluding carboxylic acids is 2. The largest absolute Gasteiger partial charge is 0.465 e. The van der Waals surface area contributed by atoms with Gasteiger partial charge in [0.15, 0.2) is 0 Å². The number of ether oxygens (including phenoxy) is 1. The van der Waals surface area contributed by atoms with E-state index in [0.717, 1.165) is 32.6 Å². The van der Waals surface area contributed by atoms with Crippen LogP contribution in [0.4, 0.5) is 11.4 Å². The minimum Gasteiger partial charge on any atom is -0.465 e. The molecule has 4 aromatic rings. The second kappa shape index (κ2) is 12.7. The van der Waals surface area contributed by atoms with Gasteiger partial charge in [0.25, 0.3) is 10.0 Å². The number of benzene rings is 4. The predicted octanol–water partition coefficient (Wildman–Crippen LogP) is 4.79. The Kier molecular flexibility index (Phi) is 8.77. The lowest BCUT2D eigenvalue weighted by molar-refractivity contribution is -0.141. The van der Waals surface area contributed by atoms with Crippen LogP contribution in [0.15, 0.2) is 89.8 Å². The summed E-state index contributed by atoms with van der Waals surface area (Å²) in [5, 5.41) is 9.22. The molecule has 5 rings (SSSR count). The van der Waals surface area contributed by atoms with Crippen molar-refractivity contribution in [1.29, 1.82) is 5.41 Å². The van der Waals surface area contributed by atoms with Crippen molar-refractivity contribution in [2.24, 2.45) is 5.73 Å². The fraction of sp³-hybridized carbons (Fsp3) is 0.242. The molecule has 0 unspecified atom stereocenters. The molecule has 0 radical (unpaired) electrons. The van der Waals surface area contributed by atoms with Crippen LogP contribution >= 0.6 is 0 Å². The van der Waals surface area contributed by atoms with Crippen molar-refractivity contribution in [2.75, 3.05) is 28.9 Å². The van der Waals surface area contributed by atoms with Crippen molar-refractivity contribution in [3.05, 3.63) is 102 Å². The van der Waals surface area contributed by atoms with Crippen molar-refractivity contribution in [3.63, 3.8) is 0 Å². The van der Waals surface area contributed by atoms with Crippen LogP contribution in [0.5, 0.6) is 0 Å². The van der Waals surface area contributed by atoms with Gasteiger partial charge in [-0.2, -0.15) is 0 Å². The number of nitrogen functional groups attached to an aromatic ring is 1. The van der Waals surface area contributed by atoms with Crippen molar-refractivity contribution in [1.82, 2.24) is 0 Å². The second-order valence-electron chi connectivity index (χ2n) is 10.4. The number of esters is 1. The smallest absolute Gasteiger partial charge is 0.326 e. The highest BCUT2D eigenvalue weighted by Crippen LogP contribution is 2.40. The summed E-state index contributed by atoms with van der Waals surface area (Å²) in [6.07, 6.45) is 2.06. The molecular weight excluding hydrogens is 564 g/mol. The van der Waals surface area contributed by atoms with Gasteiger partial charge < -0.3 is 15.4 Å². The topological polar surface area (TPSA) is 134 Å². The molecule has 0 atom stereocenters. The van der Waals surface area contributed by atoms with E-state index in [1.807, 2.05) is 42.5 Å². The van der Waals surface area contributed by atoms with E-state index < -0.39 is 22.5 Å². The molecular formula is C33H34N4O5S. The number of nitrogens with two attached hydrogens (primary N) is 1. The number of nitrogens with one attached hydrogen (secondary N) is 1. The summed E-state index contributed by atoms with van der Waals surface area (Å²) >= 11 is 0. The maximum Gasteiger partial charge on any atom is 0.326 e. The predicted molar refractivity (Wildman–Crippen MR) is 168 cm³/mol. The highest BCUT2D eigenvalue weighted by Gasteiger charge is 2.34. The van der Waals surface area contributed by atoms with Crippen LogP contribution in [0.1, 0.15) is 36.5 Å². The Bertz CT molecular complexity index is 1790. The average Bonchev–Trinajstić information content (AvgIpc) is 3.02. The minimum absolute atomic E-state index is 0.0221. The third kappa shape index (κ3) is 6.39. The zero-order valence-corrected chi connectivity index (χ0v) is 24.8. The lowest BCUT2D eigenvalue weighted by Gasteiger charge is -2.35. The molecule has 1 aliphatic heterocycles. The van der Waals surface area contributed by atoms with Crippen molar-refractivity contribution in [2.45, 2.75) is 37.5 Å². The first kappa shape index (κ1) is 29.8. The third-order valence-electron chi connectivity index (χ3n) is 7.55. The molecule has 222 valence electrons. The highest BCUT2D eigenvalue weighted by atomic mass is 32.2. The lowest BCUT2D eigenvalue weighted by atomic mass is 9.99. The van der Waals surface area contributed by atoms with Gasteiger partial charge in [-0.15, -0.1) is 0 Å². The molecule has 0 aromatic heterocycles. The quantitative estimate of drug-likeness (QED) is 0.153. The molecule has 1 heterocycles. The number of rotatable bonds is 10. The number of sulfonamides is 1. The van der Waals surface area contributed by atoms with E-state index in [4.69, 9.17) is 15.9 Å². The summed E-state index contributed by atoms with van der Waals surface area (Å²) in [4.78, 5) is 28.2. The minimum atomic E-state index is -4.24. The van der Waals surface area contributed by atoms with Gasteiger partial charge in [0.2, 0.25) is 5.91 Å². The van der Waals surface area contributed by atoms with E-state index in [1.54, 1.807) is 48.2 Å². The normalized spacial score (nSPS) is 12.9. The molecule has 0 spiro atoms. The SMILES string of the molecule is CCOC(=O)CN(c1cccc2c1N(C(=O)CCc1ccc(C(=N)N)cc1)CCC2)S(=O)(=O)c1ccc2ccccc2c1. The van der Waals surface area contributed by atoms with Crippen LogP contribution in [0.3, 0.4) is 0 Å². The van der Waals surface area contributed by atoms with E-state index in [1.165, 1.54) is 6.07 Å². The molecule has 0 saturated carbocycles. The second-order valence-corrected chi connectivity index (χ2v) is 12.2. The van der Waals surface area contributed by atoms with E-state index in [9.17, 15) is 18.0 Å². The van der Waals surface area contributed by atoms with E-state index in [0.29, 0.717) is 30.6 Å². The van der Waals surface area contributed by atoms with Crippen LogP contribution < -0.4 is 14.9 Å². The average molecular weight is 599 g/mol. The molecule has 0 saturated heterocycles. The maximum absolute atomic E-state index is 14.3. The van der Waals surface area contributed by atoms with Gasteiger partial charge in [0.05, 0.1) is 22.9 Å². The molecule has 1 amide bonds. The monoisotopic (exact) mass is 598 g/mol. The molecule has 0 aliphatic carbocycles. The van der Waals surface area contributed by atoms with Gasteiger partial charge in [-0.05, 0) is 66.3 Å². The Labute approximate surface area is 251 Å². The Morgan fingerprint density at radius 3 is 2.44 bits per heavy atom. The summed E-state index contributed by atoms with van der Waals surface area (Å²) in [7, 11) is -4.24. The van der Waals surface area contributed by atoms with Crippen molar-refractivity contribution < 1.29 is 22.7 Å². The first-order valence-electron chi connectivity index (χ1n) is 14.2. The van der Waals surface area contributed by atoms with E-state index >= 15 is 0 Å². The molecule has 9 nitrogen and oxygen atoms in total. The molecule has 10 heteroatoms. The summed E-state index contributed by atoms with van der Waals surface area (Å²) < 4.78 is 34.8. The molecule has 43 heavy (non-hydrogen) atoms. The number of hydrogen-bond acceptors (Lipinski definition) is 6. The Morgan fingerprint density at radius 2 is 1.72 bits per heavy atom. The van der Waals surface area contributed by atoms with Crippen LogP contribution in [0.2, 0.25) is 0 Å². The number of fused-ring (bicyclic) bond motifs is 2. The van der Waals surface area contributed by atoms with Crippen LogP contribution in [-0.4, -0.2) is 45.8 Å². The van der Waals surface area contributed by atoms with Gasteiger partial charge in [-0.25, -0.2) is 8.42 Å². The van der Waals surface area contributed by atoms with Crippen molar-refractivity contribution >= 4 is 49.9 Å². The number of hydrogen-bond donors (Lipinski definition) is 2. The van der Waals surface area contributed by atoms with E-state index in [-0.39, 0.29) is 35.4 Å². The van der Waals surface area contributed by atoms with Crippen LogP contribution in [0, 0.1) is 5.41 Å². The fourth-order valence-corrected chi connectivity index (χ4v) is 6.85. The standard InChI is InChI=1S/C33H34N4O5S/c1-2-42-31(39)22-37(43(40,41)28-18-17-24-7-3-4-8-27(24)21-28)29-11-5-9-25-10-6-20-36(32(25)29)30(38)19-14-23-12-15-26(16-13-23)33(34)35/h3-5,7-9,11-13,15-18,21H,2,6,10,14,19-20,22H2,1H3,(H3,34,35). The first-order chi connectivity index (χ1) is 20.7. The summed E-state index contributed by atoms with van der Waals surface area (Å²) in [6, 6.07) is 24.8. The highest BCUT2D eigenvalue weighted by molar-refractivity contribution is 7.92. The number of aryl methyl sites for hydroxylation is 2. The van der Waals surface area contributed by atoms with Gasteiger partial charge in [0, 0.05) is 18.5 Å². The summed E-state index contributed by atoms with van der Waals surface area (Å²) in [5.41, 5.74) is 8.69. The first-order valence-corrected chi connectivity index (χ1v) is 15.7. The molecule has 0 bridgehead atoms. The van der Waals surface area contributed by atoms with Gasteiger partial charge in [-0.3, -0.25) is 19.3 Å². The number of amides is 1. The molecule has 3 N–H and O–H groups in total. The van der Waals surface area contributed by atoms with Crippen molar-refractivity contribution in [3.8, 4) is 0 Å². The molecule has 0 fully saturated rings.